The van der Waals surface area contributed by atoms with Gasteiger partial charge < -0.3 is 29.2 Å². The van der Waals surface area contributed by atoms with Gasteiger partial charge in [-0.2, -0.15) is 0 Å². The zero-order valence-corrected chi connectivity index (χ0v) is 20.1. The molecular weight excluding hydrogens is 468 g/mol. The summed E-state index contributed by atoms with van der Waals surface area (Å²) < 4.78 is 21.6. The number of hydrogen-bond acceptors (Lipinski definition) is 7. The van der Waals surface area contributed by atoms with Crippen LogP contribution in [0.3, 0.4) is 0 Å². The monoisotopic (exact) mass is 492 g/mol. The lowest BCUT2D eigenvalue weighted by Crippen LogP contribution is -2.38. The molecule has 5 rings (SSSR count). The third kappa shape index (κ3) is 4.72. The third-order valence-corrected chi connectivity index (χ3v) is 7.16. The molecule has 2 heterocycles. The molecule has 0 saturated heterocycles. The first kappa shape index (κ1) is 22.9. The summed E-state index contributed by atoms with van der Waals surface area (Å²) in [4.78, 5) is 29.0. The number of anilines is 2. The van der Waals surface area contributed by atoms with Crippen molar-refractivity contribution in [3.63, 3.8) is 0 Å². The Morgan fingerprint density at radius 2 is 1.89 bits per heavy atom. The lowest BCUT2D eigenvalue weighted by Gasteiger charge is -2.22. The number of carbonyl (C=O) groups excluding carboxylic acids is 2. The Morgan fingerprint density at radius 1 is 1.06 bits per heavy atom. The number of ether oxygens (including phenoxy) is 4. The maximum atomic E-state index is 13.4. The summed E-state index contributed by atoms with van der Waals surface area (Å²) in [5.41, 5.74) is 2.15. The summed E-state index contributed by atoms with van der Waals surface area (Å²) in [6.07, 6.45) is 0.231. The number of methoxy groups -OCH3 is 2. The number of hydrogen-bond donors (Lipinski definition) is 1. The number of carbonyl (C=O) groups is 2. The number of para-hydroxylation sites is 1. The SMILES string of the molecule is COc1ccc(OC)c(NC(=O)CN2C(=O)CC(c3ccc4c(c3)OCO4)Sc3ccccc32)c1. The van der Waals surface area contributed by atoms with Gasteiger partial charge in [0.25, 0.3) is 0 Å². The minimum Gasteiger partial charge on any atom is -0.497 e. The number of amides is 2. The van der Waals surface area contributed by atoms with Crippen LogP contribution in [0.2, 0.25) is 0 Å². The van der Waals surface area contributed by atoms with Crippen molar-refractivity contribution >= 4 is 35.0 Å². The molecule has 0 fully saturated rings. The number of benzene rings is 3. The molecule has 0 aliphatic carbocycles. The molecule has 0 spiro atoms. The third-order valence-electron chi connectivity index (χ3n) is 5.84. The van der Waals surface area contributed by atoms with Crippen molar-refractivity contribution in [2.24, 2.45) is 0 Å². The van der Waals surface area contributed by atoms with E-state index in [9.17, 15) is 9.59 Å². The van der Waals surface area contributed by atoms with E-state index in [0.717, 1.165) is 10.5 Å². The van der Waals surface area contributed by atoms with E-state index < -0.39 is 0 Å². The van der Waals surface area contributed by atoms with Crippen molar-refractivity contribution in [2.75, 3.05) is 37.8 Å². The van der Waals surface area contributed by atoms with Crippen LogP contribution < -0.4 is 29.2 Å². The average Bonchev–Trinajstić information content (AvgIpc) is 3.30. The van der Waals surface area contributed by atoms with Crippen molar-refractivity contribution < 1.29 is 28.5 Å². The number of rotatable bonds is 6. The predicted molar refractivity (Wildman–Crippen MR) is 133 cm³/mol. The Hall–Kier alpha value is -3.85. The zero-order valence-electron chi connectivity index (χ0n) is 19.3. The van der Waals surface area contributed by atoms with E-state index in [0.29, 0.717) is 34.4 Å². The van der Waals surface area contributed by atoms with Gasteiger partial charge in [-0.1, -0.05) is 18.2 Å². The molecule has 2 amide bonds. The van der Waals surface area contributed by atoms with Gasteiger partial charge in [-0.05, 0) is 42.0 Å². The molecule has 8 nitrogen and oxygen atoms in total. The molecule has 0 bridgehead atoms. The quantitative estimate of drug-likeness (QED) is 0.536. The van der Waals surface area contributed by atoms with Crippen molar-refractivity contribution in [3.8, 4) is 23.0 Å². The van der Waals surface area contributed by atoms with E-state index >= 15 is 0 Å². The molecule has 0 saturated carbocycles. The molecule has 9 heteroatoms. The largest absolute Gasteiger partial charge is 0.497 e. The Balaban J connectivity index is 1.39. The van der Waals surface area contributed by atoms with E-state index in [1.54, 1.807) is 37.1 Å². The van der Waals surface area contributed by atoms with E-state index in [2.05, 4.69) is 5.32 Å². The van der Waals surface area contributed by atoms with E-state index in [-0.39, 0.29) is 36.8 Å². The highest BCUT2D eigenvalue weighted by Gasteiger charge is 2.31. The average molecular weight is 493 g/mol. The molecule has 3 aromatic rings. The second kappa shape index (κ2) is 9.79. The number of fused-ring (bicyclic) bond motifs is 2. The van der Waals surface area contributed by atoms with E-state index in [4.69, 9.17) is 18.9 Å². The van der Waals surface area contributed by atoms with Crippen LogP contribution >= 0.6 is 11.8 Å². The summed E-state index contributed by atoms with van der Waals surface area (Å²) >= 11 is 1.60. The van der Waals surface area contributed by atoms with Gasteiger partial charge in [-0.3, -0.25) is 9.59 Å². The lowest BCUT2D eigenvalue weighted by atomic mass is 10.1. The summed E-state index contributed by atoms with van der Waals surface area (Å²) in [5.74, 6) is 1.98. The van der Waals surface area contributed by atoms with Crippen molar-refractivity contribution in [2.45, 2.75) is 16.6 Å². The van der Waals surface area contributed by atoms with Crippen molar-refractivity contribution in [1.29, 1.82) is 0 Å². The molecule has 3 aromatic carbocycles. The molecule has 1 N–H and O–H groups in total. The van der Waals surface area contributed by atoms with Crippen LogP contribution in [0.4, 0.5) is 11.4 Å². The molecule has 1 atom stereocenters. The molecule has 35 heavy (non-hydrogen) atoms. The van der Waals surface area contributed by atoms with Gasteiger partial charge >= 0.3 is 0 Å². The zero-order chi connectivity index (χ0) is 24.4. The van der Waals surface area contributed by atoms with Gasteiger partial charge in [0.1, 0.15) is 18.0 Å². The minimum absolute atomic E-state index is 0.134. The van der Waals surface area contributed by atoms with Crippen LogP contribution in [0, 0.1) is 0 Å². The smallest absolute Gasteiger partial charge is 0.244 e. The molecular formula is C26H24N2O6S. The van der Waals surface area contributed by atoms with Gasteiger partial charge in [-0.15, -0.1) is 11.8 Å². The molecule has 1 unspecified atom stereocenters. The second-order valence-electron chi connectivity index (χ2n) is 7.99. The summed E-state index contributed by atoms with van der Waals surface area (Å²) in [6, 6.07) is 18.5. The molecule has 2 aliphatic rings. The van der Waals surface area contributed by atoms with E-state index in [1.807, 2.05) is 42.5 Å². The van der Waals surface area contributed by atoms with E-state index in [1.165, 1.54) is 12.0 Å². The Labute approximate surface area is 207 Å². The maximum Gasteiger partial charge on any atom is 0.244 e. The summed E-state index contributed by atoms with van der Waals surface area (Å²) in [7, 11) is 3.08. The first-order chi connectivity index (χ1) is 17.1. The summed E-state index contributed by atoms with van der Waals surface area (Å²) in [6.45, 7) is 0.0595. The fourth-order valence-electron chi connectivity index (χ4n) is 4.10. The Morgan fingerprint density at radius 3 is 2.71 bits per heavy atom. The summed E-state index contributed by atoms with van der Waals surface area (Å²) in [5, 5.41) is 2.72. The van der Waals surface area contributed by atoms with Gasteiger partial charge in [-0.25, -0.2) is 0 Å². The van der Waals surface area contributed by atoms with Crippen LogP contribution in [0.5, 0.6) is 23.0 Å². The van der Waals surface area contributed by atoms with Gasteiger partial charge in [0.15, 0.2) is 11.5 Å². The molecule has 0 aromatic heterocycles. The first-order valence-corrected chi connectivity index (χ1v) is 11.9. The Bertz CT molecular complexity index is 1280. The number of thioether (sulfide) groups is 1. The predicted octanol–water partition coefficient (Wildman–Crippen LogP) is 4.64. The van der Waals surface area contributed by atoms with Crippen molar-refractivity contribution in [3.05, 3.63) is 66.2 Å². The molecule has 0 radical (unpaired) electrons. The highest BCUT2D eigenvalue weighted by atomic mass is 32.2. The van der Waals surface area contributed by atoms with Crippen molar-refractivity contribution in [1.82, 2.24) is 0 Å². The van der Waals surface area contributed by atoms with Crippen LogP contribution in [0.1, 0.15) is 17.2 Å². The molecule has 180 valence electrons. The van der Waals surface area contributed by atoms with Gasteiger partial charge in [0.2, 0.25) is 18.6 Å². The highest BCUT2D eigenvalue weighted by molar-refractivity contribution is 7.99. The van der Waals surface area contributed by atoms with Crippen LogP contribution in [-0.2, 0) is 9.59 Å². The van der Waals surface area contributed by atoms with Gasteiger partial charge in [0, 0.05) is 22.6 Å². The fraction of sp³-hybridized carbons (Fsp3) is 0.231. The Kier molecular flexibility index (Phi) is 6.41. The van der Waals surface area contributed by atoms with Crippen LogP contribution in [0.25, 0.3) is 0 Å². The van der Waals surface area contributed by atoms with Crippen LogP contribution in [-0.4, -0.2) is 39.4 Å². The minimum atomic E-state index is -0.341. The fourth-order valence-corrected chi connectivity index (χ4v) is 5.37. The van der Waals surface area contributed by atoms with Gasteiger partial charge in [0.05, 0.1) is 25.6 Å². The van der Waals surface area contributed by atoms with Crippen LogP contribution in [0.15, 0.2) is 65.6 Å². The maximum absolute atomic E-state index is 13.4. The number of nitrogens with one attached hydrogen (secondary N) is 1. The normalized spacial score (nSPS) is 16.3. The lowest BCUT2D eigenvalue weighted by molar-refractivity contribution is -0.121. The second-order valence-corrected chi connectivity index (χ2v) is 9.23. The topological polar surface area (TPSA) is 86.3 Å². The standard InChI is InChI=1S/C26H24N2O6S/c1-31-17-8-10-20(32-2)18(12-17)27-25(29)14-28-19-5-3-4-6-23(19)35-24(13-26(28)30)16-7-9-21-22(11-16)34-15-33-21/h3-12,24H,13-15H2,1-2H3,(H,27,29). The number of nitrogens with zero attached hydrogens (tertiary/aromatic N) is 1. The highest BCUT2D eigenvalue weighted by Crippen LogP contribution is 2.47. The first-order valence-electron chi connectivity index (χ1n) is 11.0. The molecule has 2 aliphatic heterocycles.